The fourth-order valence-corrected chi connectivity index (χ4v) is 3.03. The van der Waals surface area contributed by atoms with Gasteiger partial charge in [-0.05, 0) is 41.7 Å². The molecule has 0 radical (unpaired) electrons. The maximum absolute atomic E-state index is 9.88. The van der Waals surface area contributed by atoms with E-state index < -0.39 is 0 Å². The number of aryl methyl sites for hydroxylation is 1. The van der Waals surface area contributed by atoms with Gasteiger partial charge in [-0.15, -0.1) is 0 Å². The highest BCUT2D eigenvalue weighted by atomic mass is 16.3. The number of rotatable bonds is 4. The molecule has 0 aromatic heterocycles. The van der Waals surface area contributed by atoms with Crippen molar-refractivity contribution in [3.63, 3.8) is 0 Å². The summed E-state index contributed by atoms with van der Waals surface area (Å²) < 4.78 is 0. The van der Waals surface area contributed by atoms with Gasteiger partial charge < -0.3 is 15.5 Å². The zero-order chi connectivity index (χ0) is 14.0. The number of aliphatic hydroxyl groups excluding tert-OH is 1. The molecule has 1 aliphatic carbocycles. The molecular formula is C17H19NO2. The van der Waals surface area contributed by atoms with E-state index in [2.05, 4.69) is 17.4 Å². The van der Waals surface area contributed by atoms with Gasteiger partial charge in [0.1, 0.15) is 5.75 Å². The summed E-state index contributed by atoms with van der Waals surface area (Å²) in [7, 11) is 0. The number of nitrogens with one attached hydrogen (secondary N) is 1. The van der Waals surface area contributed by atoms with Gasteiger partial charge in [0, 0.05) is 6.54 Å². The molecule has 0 bridgehead atoms. The van der Waals surface area contributed by atoms with Crippen LogP contribution in [0.15, 0.2) is 48.5 Å². The third kappa shape index (κ3) is 2.30. The number of aliphatic hydroxyl groups is 1. The summed E-state index contributed by atoms with van der Waals surface area (Å²) >= 11 is 0. The van der Waals surface area contributed by atoms with E-state index >= 15 is 0 Å². The van der Waals surface area contributed by atoms with Gasteiger partial charge in [-0.2, -0.15) is 0 Å². The van der Waals surface area contributed by atoms with Crippen LogP contribution in [0.25, 0.3) is 0 Å². The van der Waals surface area contributed by atoms with Crippen LogP contribution in [-0.4, -0.2) is 16.8 Å². The number of fused-ring (bicyclic) bond motifs is 1. The molecule has 0 fully saturated rings. The van der Waals surface area contributed by atoms with Crippen LogP contribution in [0.4, 0.5) is 0 Å². The van der Waals surface area contributed by atoms with Gasteiger partial charge in [0.25, 0.3) is 0 Å². The molecule has 0 amide bonds. The van der Waals surface area contributed by atoms with Crippen molar-refractivity contribution in [1.29, 1.82) is 0 Å². The third-order valence-electron chi connectivity index (χ3n) is 4.17. The van der Waals surface area contributed by atoms with E-state index in [9.17, 15) is 10.2 Å². The molecule has 104 valence electrons. The molecule has 1 aliphatic rings. The van der Waals surface area contributed by atoms with E-state index in [4.69, 9.17) is 0 Å². The van der Waals surface area contributed by atoms with E-state index in [1.54, 1.807) is 12.1 Å². The van der Waals surface area contributed by atoms with Crippen molar-refractivity contribution in [3.05, 3.63) is 65.2 Å². The number of aromatic hydroxyl groups is 1. The third-order valence-corrected chi connectivity index (χ3v) is 4.17. The van der Waals surface area contributed by atoms with E-state index in [-0.39, 0.29) is 17.9 Å². The Labute approximate surface area is 118 Å². The summed E-state index contributed by atoms with van der Waals surface area (Å²) in [4.78, 5) is 0. The fraction of sp³-hybridized carbons (Fsp3) is 0.294. The van der Waals surface area contributed by atoms with Gasteiger partial charge in [0.15, 0.2) is 0 Å². The molecule has 3 nitrogen and oxygen atoms in total. The maximum Gasteiger partial charge on any atom is 0.115 e. The van der Waals surface area contributed by atoms with Gasteiger partial charge in [-0.3, -0.25) is 0 Å². The zero-order valence-electron chi connectivity index (χ0n) is 11.3. The molecule has 3 N–H and O–H groups in total. The molecule has 0 spiro atoms. The van der Waals surface area contributed by atoms with Gasteiger partial charge in [-0.1, -0.05) is 36.4 Å². The van der Waals surface area contributed by atoms with Gasteiger partial charge >= 0.3 is 0 Å². The predicted octanol–water partition coefficient (Wildman–Crippen LogP) is 2.32. The highest BCUT2D eigenvalue weighted by Gasteiger charge is 2.37. The van der Waals surface area contributed by atoms with E-state index in [1.165, 1.54) is 11.1 Å². The summed E-state index contributed by atoms with van der Waals surface area (Å²) in [6.07, 6.45) is 1.89. The molecule has 20 heavy (non-hydrogen) atoms. The monoisotopic (exact) mass is 269 g/mol. The second kappa shape index (κ2) is 5.27. The lowest BCUT2D eigenvalue weighted by Crippen LogP contribution is -2.43. The van der Waals surface area contributed by atoms with E-state index in [0.717, 1.165) is 18.4 Å². The lowest BCUT2D eigenvalue weighted by atomic mass is 9.92. The molecule has 0 heterocycles. The Morgan fingerprint density at radius 2 is 1.95 bits per heavy atom. The van der Waals surface area contributed by atoms with Gasteiger partial charge in [-0.25, -0.2) is 0 Å². The minimum Gasteiger partial charge on any atom is -0.508 e. The first kappa shape index (κ1) is 13.2. The Bertz CT molecular complexity index is 611. The van der Waals surface area contributed by atoms with Crippen molar-refractivity contribution in [2.75, 3.05) is 6.61 Å². The second-order valence-corrected chi connectivity index (χ2v) is 5.42. The number of hydrogen-bond donors (Lipinski definition) is 3. The minimum absolute atomic E-state index is 0.0861. The summed E-state index contributed by atoms with van der Waals surface area (Å²) in [5, 5.41) is 22.9. The largest absolute Gasteiger partial charge is 0.508 e. The van der Waals surface area contributed by atoms with E-state index in [0.29, 0.717) is 6.54 Å². The molecule has 1 unspecified atom stereocenters. The predicted molar refractivity (Wildman–Crippen MR) is 78.5 cm³/mol. The molecule has 0 saturated carbocycles. The quantitative estimate of drug-likeness (QED) is 0.798. The van der Waals surface area contributed by atoms with Crippen LogP contribution >= 0.6 is 0 Å². The Hall–Kier alpha value is -1.84. The Balaban J connectivity index is 1.82. The Kier molecular flexibility index (Phi) is 3.47. The normalized spacial score (nSPS) is 20.9. The van der Waals surface area contributed by atoms with Crippen LogP contribution in [0.5, 0.6) is 5.75 Å². The van der Waals surface area contributed by atoms with Crippen molar-refractivity contribution in [1.82, 2.24) is 5.32 Å². The summed E-state index contributed by atoms with van der Waals surface area (Å²) in [5.74, 6) is 0.272. The summed E-state index contributed by atoms with van der Waals surface area (Å²) in [5.41, 5.74) is 3.16. The second-order valence-electron chi connectivity index (χ2n) is 5.42. The lowest BCUT2D eigenvalue weighted by Gasteiger charge is -2.30. The average molecular weight is 269 g/mol. The van der Waals surface area contributed by atoms with Crippen LogP contribution in [0.1, 0.15) is 23.1 Å². The molecule has 0 aliphatic heterocycles. The Morgan fingerprint density at radius 3 is 2.75 bits per heavy atom. The fourth-order valence-electron chi connectivity index (χ4n) is 3.03. The van der Waals surface area contributed by atoms with Crippen molar-refractivity contribution >= 4 is 0 Å². The molecule has 3 rings (SSSR count). The molecule has 0 saturated heterocycles. The van der Waals surface area contributed by atoms with Crippen LogP contribution in [-0.2, 0) is 18.5 Å². The van der Waals surface area contributed by atoms with Crippen molar-refractivity contribution in [2.24, 2.45) is 0 Å². The molecular weight excluding hydrogens is 250 g/mol. The summed E-state index contributed by atoms with van der Waals surface area (Å²) in [6, 6.07) is 15.5. The zero-order valence-corrected chi connectivity index (χ0v) is 11.3. The first-order chi connectivity index (χ1) is 9.73. The number of hydrogen-bond acceptors (Lipinski definition) is 3. The first-order valence-corrected chi connectivity index (χ1v) is 6.96. The number of phenolic OH excluding ortho intramolecular Hbond substituents is 1. The highest BCUT2D eigenvalue weighted by molar-refractivity contribution is 5.39. The topological polar surface area (TPSA) is 52.5 Å². The minimum atomic E-state index is -0.359. The van der Waals surface area contributed by atoms with Crippen molar-refractivity contribution in [3.8, 4) is 5.75 Å². The number of phenols is 1. The highest BCUT2D eigenvalue weighted by Crippen LogP contribution is 2.36. The smallest absolute Gasteiger partial charge is 0.115 e. The van der Waals surface area contributed by atoms with Gasteiger partial charge in [0.2, 0.25) is 0 Å². The van der Waals surface area contributed by atoms with Crippen LogP contribution in [0, 0.1) is 0 Å². The van der Waals surface area contributed by atoms with Crippen LogP contribution in [0.2, 0.25) is 0 Å². The molecule has 2 aromatic carbocycles. The van der Waals surface area contributed by atoms with E-state index in [1.807, 2.05) is 24.3 Å². The summed E-state index contributed by atoms with van der Waals surface area (Å²) in [6.45, 7) is 0.714. The Morgan fingerprint density at radius 1 is 1.10 bits per heavy atom. The lowest BCUT2D eigenvalue weighted by molar-refractivity contribution is 0.159. The van der Waals surface area contributed by atoms with Crippen LogP contribution in [0.3, 0.4) is 0 Å². The maximum atomic E-state index is 9.88. The van der Waals surface area contributed by atoms with Crippen LogP contribution < -0.4 is 5.32 Å². The molecule has 1 atom stereocenters. The molecule has 2 aromatic rings. The number of benzene rings is 2. The van der Waals surface area contributed by atoms with Gasteiger partial charge in [0.05, 0.1) is 12.1 Å². The van der Waals surface area contributed by atoms with Crippen molar-refractivity contribution in [2.45, 2.75) is 24.9 Å². The standard InChI is InChI=1S/C17H19NO2/c19-12-17(9-8-14-5-1-2-7-16(14)17)18-11-13-4-3-6-15(20)10-13/h1-7,10,18-20H,8-9,11-12H2. The molecule has 3 heteroatoms. The first-order valence-electron chi connectivity index (χ1n) is 6.96. The van der Waals surface area contributed by atoms with Crippen molar-refractivity contribution < 1.29 is 10.2 Å². The SMILES string of the molecule is OCC1(NCc2cccc(O)c2)CCc2ccccc21. The average Bonchev–Trinajstić information content (AvgIpc) is 2.85.